The highest BCUT2D eigenvalue weighted by molar-refractivity contribution is 5.57. The number of aliphatic hydroxyl groups excluding tert-OH is 4. The van der Waals surface area contributed by atoms with Crippen LogP contribution in [-0.4, -0.2) is 26.5 Å². The van der Waals surface area contributed by atoms with Crippen molar-refractivity contribution in [1.82, 2.24) is 0 Å². The molecule has 0 spiro atoms. The highest BCUT2D eigenvalue weighted by Crippen LogP contribution is 2.69. The first kappa shape index (κ1) is 67.7. The summed E-state index contributed by atoms with van der Waals surface area (Å²) in [6.45, 7) is 20.7. The van der Waals surface area contributed by atoms with Gasteiger partial charge in [-0.3, -0.25) is 0 Å². The summed E-state index contributed by atoms with van der Waals surface area (Å²) in [7, 11) is 0. The Hall–Kier alpha value is -6.68. The number of alkyl halides is 12. The van der Waals surface area contributed by atoms with Crippen LogP contribution in [0.25, 0.3) is 0 Å². The average molecular weight is 1260 g/mol. The lowest BCUT2D eigenvalue weighted by Crippen LogP contribution is -2.46. The van der Waals surface area contributed by atoms with Gasteiger partial charge in [-0.1, -0.05) is 159 Å². The first-order chi connectivity index (χ1) is 41.4. The third-order valence-corrected chi connectivity index (χ3v) is 20.8. The van der Waals surface area contributed by atoms with Crippen LogP contribution >= 0.6 is 0 Å². The third-order valence-electron chi connectivity index (χ3n) is 20.8. The van der Waals surface area contributed by atoms with E-state index in [1.807, 2.05) is 61.6 Å². The quantitative estimate of drug-likeness (QED) is 0.153. The molecule has 0 heterocycles. The molecular weight excluding hydrogens is 1180 g/mol. The SMILES string of the molecule is CCC1(C)CC(C)(C2CC2)C(c2cc(C(F)(F)F)cc(C(F)(F)F)c2)C2(C)C=CC(=CC=C2O)C(c2ccc(C(C3=CC=C(O)C(C)(C(C)(C)CC(C)(C)C)C=C3)C3=CCC(O)C=C3)cc2)C2=CC=C(O)C(C)(C=C2)C1c1cc(C(F)(F)F)cc(C(F)(F)F)c1. The molecule has 10 atom stereocenters. The molecular formula is C74H80F12O4. The second-order valence-electron chi connectivity index (χ2n) is 29.0. The molecule has 4 nitrogen and oxygen atoms in total. The summed E-state index contributed by atoms with van der Waals surface area (Å²) in [5.41, 5.74) is -11.7. The van der Waals surface area contributed by atoms with E-state index in [2.05, 4.69) is 34.6 Å². The van der Waals surface area contributed by atoms with Gasteiger partial charge >= 0.3 is 24.7 Å². The molecule has 3 aromatic rings. The first-order valence-electron chi connectivity index (χ1n) is 30.6. The topological polar surface area (TPSA) is 80.9 Å². The lowest BCUT2D eigenvalue weighted by atomic mass is 9.49. The molecule has 4 bridgehead atoms. The maximum Gasteiger partial charge on any atom is 0.416 e. The normalized spacial score (nSPS) is 30.0. The van der Waals surface area contributed by atoms with Gasteiger partial charge in [0.1, 0.15) is 17.3 Å². The lowest BCUT2D eigenvalue weighted by Gasteiger charge is -2.55. The van der Waals surface area contributed by atoms with Crippen molar-refractivity contribution in [1.29, 1.82) is 0 Å². The van der Waals surface area contributed by atoms with Crippen molar-refractivity contribution in [2.45, 2.75) is 169 Å². The molecule has 10 unspecified atom stereocenters. The minimum atomic E-state index is -5.32. The molecule has 3 aromatic carbocycles. The van der Waals surface area contributed by atoms with Crippen LogP contribution in [0, 0.1) is 43.8 Å². The van der Waals surface area contributed by atoms with Crippen LogP contribution in [0.15, 0.2) is 191 Å². The highest BCUT2D eigenvalue weighted by Gasteiger charge is 2.60. The lowest BCUT2D eigenvalue weighted by molar-refractivity contribution is -0.144. The number of allylic oxidation sites excluding steroid dienone is 17. The largest absolute Gasteiger partial charge is 0.511 e. The summed E-state index contributed by atoms with van der Waals surface area (Å²) in [5.74, 6) is -5.68. The van der Waals surface area contributed by atoms with Crippen molar-refractivity contribution in [2.24, 2.45) is 43.8 Å². The Balaban J connectivity index is 1.31. The zero-order valence-electron chi connectivity index (χ0n) is 52.5. The number of benzene rings is 3. The molecule has 6 aliphatic carbocycles. The Morgan fingerprint density at radius 2 is 0.978 bits per heavy atom. The Kier molecular flexibility index (Phi) is 17.4. The number of aliphatic hydroxyl groups is 4. The highest BCUT2D eigenvalue weighted by atomic mass is 19.4. The molecule has 16 heteroatoms. The Bertz CT molecular complexity index is 3570. The Labute approximate surface area is 520 Å². The fourth-order valence-electron chi connectivity index (χ4n) is 16.0. The number of hydrogen-bond acceptors (Lipinski definition) is 4. The maximum atomic E-state index is 15.1. The monoisotopic (exact) mass is 1260 g/mol. The Morgan fingerprint density at radius 3 is 1.40 bits per heavy atom. The van der Waals surface area contributed by atoms with Crippen molar-refractivity contribution in [3.8, 4) is 0 Å². The van der Waals surface area contributed by atoms with E-state index in [9.17, 15) is 20.4 Å². The predicted molar refractivity (Wildman–Crippen MR) is 328 cm³/mol. The van der Waals surface area contributed by atoms with Crippen LogP contribution in [0.5, 0.6) is 0 Å². The number of hydrogen-bond donors (Lipinski definition) is 4. The predicted octanol–water partition coefficient (Wildman–Crippen LogP) is 22.3. The van der Waals surface area contributed by atoms with Gasteiger partial charge in [-0.2, -0.15) is 52.7 Å². The van der Waals surface area contributed by atoms with E-state index in [1.165, 1.54) is 26.0 Å². The second kappa shape index (κ2) is 23.2. The van der Waals surface area contributed by atoms with Crippen molar-refractivity contribution >= 4 is 0 Å². The molecule has 0 aliphatic heterocycles. The number of rotatable bonds is 10. The van der Waals surface area contributed by atoms with Gasteiger partial charge in [0.2, 0.25) is 0 Å². The third kappa shape index (κ3) is 12.9. The molecule has 1 saturated carbocycles. The van der Waals surface area contributed by atoms with Gasteiger partial charge in [0, 0.05) is 29.1 Å². The molecule has 9 rings (SSSR count). The van der Waals surface area contributed by atoms with Gasteiger partial charge in [0.25, 0.3) is 0 Å². The summed E-state index contributed by atoms with van der Waals surface area (Å²) in [6, 6.07) is 10.1. The van der Waals surface area contributed by atoms with Gasteiger partial charge in [-0.25, -0.2) is 0 Å². The fraction of sp³-hybridized carbons (Fsp3) is 0.459. The summed E-state index contributed by atoms with van der Waals surface area (Å²) in [5, 5.41) is 48.0. The van der Waals surface area contributed by atoms with Crippen LogP contribution in [0.3, 0.4) is 0 Å². The molecule has 0 amide bonds. The minimum absolute atomic E-state index is 0.00554. The van der Waals surface area contributed by atoms with Crippen LogP contribution in [0.2, 0.25) is 0 Å². The van der Waals surface area contributed by atoms with E-state index < -0.39 is 138 Å². The van der Waals surface area contributed by atoms with Gasteiger partial charge in [-0.05, 0) is 180 Å². The van der Waals surface area contributed by atoms with E-state index in [4.69, 9.17) is 0 Å². The number of halogens is 12. The van der Waals surface area contributed by atoms with Crippen LogP contribution in [0.4, 0.5) is 52.7 Å². The zero-order chi connectivity index (χ0) is 66.5. The van der Waals surface area contributed by atoms with Crippen LogP contribution in [-0.2, 0) is 24.7 Å². The fourth-order valence-corrected chi connectivity index (χ4v) is 16.0. The second-order valence-corrected chi connectivity index (χ2v) is 29.0. The van der Waals surface area contributed by atoms with Gasteiger partial charge in [0.15, 0.2) is 0 Å². The van der Waals surface area contributed by atoms with Crippen molar-refractivity contribution in [3.05, 3.63) is 236 Å². The molecule has 6 aliphatic rings. The minimum Gasteiger partial charge on any atom is -0.511 e. The van der Waals surface area contributed by atoms with E-state index in [1.54, 1.807) is 69.4 Å². The van der Waals surface area contributed by atoms with Gasteiger partial charge < -0.3 is 20.4 Å². The van der Waals surface area contributed by atoms with E-state index in [0.29, 0.717) is 60.2 Å². The molecule has 0 saturated heterocycles. The van der Waals surface area contributed by atoms with E-state index >= 15 is 52.7 Å². The molecule has 0 radical (unpaired) electrons. The van der Waals surface area contributed by atoms with E-state index in [0.717, 1.165) is 23.1 Å². The molecule has 484 valence electrons. The molecule has 90 heavy (non-hydrogen) atoms. The maximum absolute atomic E-state index is 15.1. The van der Waals surface area contributed by atoms with Crippen LogP contribution < -0.4 is 0 Å². The Morgan fingerprint density at radius 1 is 0.522 bits per heavy atom. The van der Waals surface area contributed by atoms with Crippen molar-refractivity contribution in [2.75, 3.05) is 0 Å². The molecule has 4 N–H and O–H groups in total. The zero-order valence-corrected chi connectivity index (χ0v) is 52.5. The number of fused-ring (bicyclic) bond motifs is 4. The summed E-state index contributed by atoms with van der Waals surface area (Å²) >= 11 is 0. The standard InChI is InChI=1S/C74H80F12O4/c1-12-66(7)42-69(10,51-22-23-51)63(50-37-54(73(81,82)83)40-55(38-50)74(84,85)86)68(9)33-30-47(20-27-58(68)89)61(46-19-26-57(88)67(8,32-29-46)62(66)49-35-52(71(75,76)77)39-53(36-49)72(78,79)80)44-15-13-43(14-16-44)60(45-17-24-56(87)25-18-45)48-21-28-59(90)70(11,34-31-48)65(5,6)41-64(2,3)4/h13-21,24,26-40,51,56,60-63,87-90H,12,22-23,25,41-42H2,1-11H3. The van der Waals surface area contributed by atoms with Crippen LogP contribution in [0.1, 0.15) is 183 Å². The van der Waals surface area contributed by atoms with Crippen molar-refractivity contribution < 1.29 is 73.1 Å². The van der Waals surface area contributed by atoms with Gasteiger partial charge in [-0.15, -0.1) is 0 Å². The van der Waals surface area contributed by atoms with Crippen molar-refractivity contribution in [3.63, 3.8) is 0 Å². The smallest absolute Gasteiger partial charge is 0.416 e. The van der Waals surface area contributed by atoms with E-state index in [-0.39, 0.29) is 36.1 Å². The summed E-state index contributed by atoms with van der Waals surface area (Å²) in [6.07, 6.45) is 5.06. The summed E-state index contributed by atoms with van der Waals surface area (Å²) in [4.78, 5) is 0. The summed E-state index contributed by atoms with van der Waals surface area (Å²) < 4.78 is 181. The molecule has 1 fully saturated rings. The first-order valence-corrected chi connectivity index (χ1v) is 30.6. The average Bonchev–Trinajstić information content (AvgIpc) is 1.38. The van der Waals surface area contributed by atoms with Gasteiger partial charge in [0.05, 0.1) is 39.2 Å². The molecule has 0 aromatic heterocycles.